The van der Waals surface area contributed by atoms with Crippen molar-refractivity contribution in [3.8, 4) is 10.7 Å². The van der Waals surface area contributed by atoms with Crippen LogP contribution in [0.25, 0.3) is 10.7 Å². The molecule has 0 saturated carbocycles. The minimum atomic E-state index is -0.556. The molecule has 8 nitrogen and oxygen atoms in total. The Hall–Kier alpha value is -2.72. The van der Waals surface area contributed by atoms with Crippen LogP contribution in [0, 0.1) is 0 Å². The van der Waals surface area contributed by atoms with Gasteiger partial charge in [-0.3, -0.25) is 9.78 Å². The molecule has 10 heteroatoms. The van der Waals surface area contributed by atoms with Crippen molar-refractivity contribution in [1.82, 2.24) is 20.2 Å². The Bertz CT molecular complexity index is 878. The van der Waals surface area contributed by atoms with Crippen LogP contribution < -0.4 is 5.32 Å². The van der Waals surface area contributed by atoms with Crippen LogP contribution in [-0.4, -0.2) is 38.6 Å². The quantitative estimate of drug-likeness (QED) is 0.659. The first-order valence-electron chi connectivity index (χ1n) is 7.32. The molecular formula is C15H13N5O3S2. The van der Waals surface area contributed by atoms with Crippen LogP contribution in [0.3, 0.4) is 0 Å². The minimum Gasteiger partial charge on any atom is -0.461 e. The fraction of sp³-hybridized carbons (Fsp3) is 0.200. The number of pyridine rings is 1. The van der Waals surface area contributed by atoms with E-state index >= 15 is 0 Å². The molecule has 128 valence electrons. The predicted molar refractivity (Wildman–Crippen MR) is 93.5 cm³/mol. The van der Waals surface area contributed by atoms with Crippen molar-refractivity contribution in [3.05, 3.63) is 40.5 Å². The lowest BCUT2D eigenvalue weighted by atomic mass is 10.3. The van der Waals surface area contributed by atoms with E-state index in [4.69, 9.17) is 4.74 Å². The van der Waals surface area contributed by atoms with E-state index in [0.717, 1.165) is 22.0 Å². The molecule has 0 aliphatic rings. The third-order valence-corrected chi connectivity index (χ3v) is 4.63. The van der Waals surface area contributed by atoms with Gasteiger partial charge >= 0.3 is 5.97 Å². The first-order valence-corrected chi connectivity index (χ1v) is 9.01. The molecule has 0 aliphatic heterocycles. The van der Waals surface area contributed by atoms with Gasteiger partial charge in [-0.2, -0.15) is 0 Å². The number of esters is 1. The largest absolute Gasteiger partial charge is 0.461 e. The average Bonchev–Trinajstić information content (AvgIpc) is 3.25. The summed E-state index contributed by atoms with van der Waals surface area (Å²) in [7, 11) is 0. The summed E-state index contributed by atoms with van der Waals surface area (Å²) in [4.78, 5) is 32.3. The van der Waals surface area contributed by atoms with Crippen LogP contribution in [0.1, 0.15) is 22.4 Å². The number of carbonyl (C=O) groups excluding carboxylic acids is 2. The molecule has 0 aromatic carbocycles. The second-order valence-corrected chi connectivity index (χ2v) is 6.55. The highest BCUT2D eigenvalue weighted by atomic mass is 32.1. The fourth-order valence-corrected chi connectivity index (χ4v) is 3.32. The second kappa shape index (κ2) is 7.90. The van der Waals surface area contributed by atoms with Crippen LogP contribution in [-0.2, 0) is 16.0 Å². The van der Waals surface area contributed by atoms with Gasteiger partial charge in [0.25, 0.3) is 0 Å². The predicted octanol–water partition coefficient (Wildman–Crippen LogP) is 2.41. The number of amides is 1. The lowest BCUT2D eigenvalue weighted by Crippen LogP contribution is -2.14. The molecule has 1 N–H and O–H groups in total. The summed E-state index contributed by atoms with van der Waals surface area (Å²) in [6, 6.07) is 5.58. The molecule has 0 spiro atoms. The highest BCUT2D eigenvalue weighted by molar-refractivity contribution is 7.17. The number of carbonyl (C=O) groups is 2. The van der Waals surface area contributed by atoms with Gasteiger partial charge in [0.05, 0.1) is 24.4 Å². The molecule has 0 unspecified atom stereocenters. The summed E-state index contributed by atoms with van der Waals surface area (Å²) < 4.78 is 4.83. The smallest absolute Gasteiger partial charge is 0.369 e. The Balaban J connectivity index is 1.60. The highest BCUT2D eigenvalue weighted by Crippen LogP contribution is 2.22. The molecule has 3 heterocycles. The molecular weight excluding hydrogens is 362 g/mol. The maximum atomic E-state index is 12.1. The Kier molecular flexibility index (Phi) is 5.41. The zero-order chi connectivity index (χ0) is 17.6. The van der Waals surface area contributed by atoms with Gasteiger partial charge in [0.2, 0.25) is 16.0 Å². The van der Waals surface area contributed by atoms with Crippen LogP contribution in [0.5, 0.6) is 0 Å². The maximum Gasteiger partial charge on any atom is 0.369 e. The normalized spacial score (nSPS) is 10.4. The maximum absolute atomic E-state index is 12.1. The topological polar surface area (TPSA) is 107 Å². The zero-order valence-electron chi connectivity index (χ0n) is 13.1. The highest BCUT2D eigenvalue weighted by Gasteiger charge is 2.16. The molecule has 3 rings (SSSR count). The van der Waals surface area contributed by atoms with Gasteiger partial charge in [0.1, 0.15) is 5.01 Å². The van der Waals surface area contributed by atoms with Crippen molar-refractivity contribution in [3.63, 3.8) is 0 Å². The summed E-state index contributed by atoms with van der Waals surface area (Å²) in [5.41, 5.74) is 1.40. The fourth-order valence-electron chi connectivity index (χ4n) is 1.87. The molecule has 0 aliphatic carbocycles. The molecule has 0 radical (unpaired) electrons. The van der Waals surface area contributed by atoms with E-state index in [9.17, 15) is 9.59 Å². The van der Waals surface area contributed by atoms with E-state index in [2.05, 4.69) is 25.5 Å². The Labute approximate surface area is 150 Å². The Morgan fingerprint density at radius 3 is 2.92 bits per heavy atom. The molecule has 0 atom stereocenters. The van der Waals surface area contributed by atoms with E-state index in [0.29, 0.717) is 5.69 Å². The van der Waals surface area contributed by atoms with Crippen LogP contribution in [0.2, 0.25) is 0 Å². The number of rotatable bonds is 6. The number of ether oxygens (including phenoxy) is 1. The summed E-state index contributed by atoms with van der Waals surface area (Å²) in [5.74, 6) is -0.843. The Morgan fingerprint density at radius 2 is 2.16 bits per heavy atom. The summed E-state index contributed by atoms with van der Waals surface area (Å²) in [5, 5.41) is 13.0. The van der Waals surface area contributed by atoms with Crippen molar-refractivity contribution >= 4 is 39.7 Å². The SMILES string of the molecule is CCOC(=O)c1nnc(NC(=O)Cc2csc(-c3ccccn3)n2)s1. The first-order chi connectivity index (χ1) is 12.2. The van der Waals surface area contributed by atoms with E-state index in [-0.39, 0.29) is 29.1 Å². The van der Waals surface area contributed by atoms with Gasteiger partial charge < -0.3 is 10.1 Å². The molecule has 3 aromatic rings. The van der Waals surface area contributed by atoms with Gasteiger partial charge in [0, 0.05) is 11.6 Å². The van der Waals surface area contributed by atoms with Gasteiger partial charge in [-0.1, -0.05) is 17.4 Å². The third-order valence-electron chi connectivity index (χ3n) is 2.90. The molecule has 0 bridgehead atoms. The lowest BCUT2D eigenvalue weighted by molar-refractivity contribution is -0.115. The Morgan fingerprint density at radius 1 is 1.28 bits per heavy atom. The van der Waals surface area contributed by atoms with Crippen molar-refractivity contribution in [2.45, 2.75) is 13.3 Å². The lowest BCUT2D eigenvalue weighted by Gasteiger charge is -1.98. The van der Waals surface area contributed by atoms with E-state index < -0.39 is 5.97 Å². The second-order valence-electron chi connectivity index (χ2n) is 4.72. The zero-order valence-corrected chi connectivity index (χ0v) is 14.8. The number of nitrogens with one attached hydrogen (secondary N) is 1. The van der Waals surface area contributed by atoms with Gasteiger partial charge in [0.15, 0.2) is 0 Å². The summed E-state index contributed by atoms with van der Waals surface area (Å²) >= 11 is 2.39. The molecule has 0 saturated heterocycles. The van der Waals surface area contributed by atoms with Gasteiger partial charge in [-0.25, -0.2) is 9.78 Å². The number of hydrogen-bond donors (Lipinski definition) is 1. The first kappa shape index (κ1) is 17.1. The minimum absolute atomic E-state index is 0.0949. The monoisotopic (exact) mass is 375 g/mol. The van der Waals surface area contributed by atoms with Gasteiger partial charge in [-0.05, 0) is 19.1 Å². The standard InChI is InChI=1S/C15H13N5O3S2/c1-2-23-14(22)13-19-20-15(25-13)18-11(21)7-9-8-24-12(17-9)10-5-3-4-6-16-10/h3-6,8H,2,7H2,1H3,(H,18,20,21). The van der Waals surface area contributed by atoms with E-state index in [1.165, 1.54) is 11.3 Å². The number of nitrogens with zero attached hydrogens (tertiary/aromatic N) is 4. The van der Waals surface area contributed by atoms with Crippen molar-refractivity contribution in [2.24, 2.45) is 0 Å². The van der Waals surface area contributed by atoms with E-state index in [1.807, 2.05) is 23.6 Å². The number of hydrogen-bond acceptors (Lipinski definition) is 9. The van der Waals surface area contributed by atoms with Crippen LogP contribution in [0.15, 0.2) is 29.8 Å². The van der Waals surface area contributed by atoms with Crippen LogP contribution >= 0.6 is 22.7 Å². The number of thiazole rings is 1. The third kappa shape index (κ3) is 4.43. The number of aromatic nitrogens is 4. The van der Waals surface area contributed by atoms with Crippen molar-refractivity contribution in [1.29, 1.82) is 0 Å². The van der Waals surface area contributed by atoms with Crippen molar-refractivity contribution < 1.29 is 14.3 Å². The number of anilines is 1. The van der Waals surface area contributed by atoms with E-state index in [1.54, 1.807) is 13.1 Å². The molecule has 0 fully saturated rings. The summed E-state index contributed by atoms with van der Waals surface area (Å²) in [6.07, 6.45) is 1.79. The van der Waals surface area contributed by atoms with Gasteiger partial charge in [-0.15, -0.1) is 21.5 Å². The molecule has 25 heavy (non-hydrogen) atoms. The molecule has 3 aromatic heterocycles. The average molecular weight is 375 g/mol. The van der Waals surface area contributed by atoms with Crippen LogP contribution in [0.4, 0.5) is 5.13 Å². The molecule has 1 amide bonds. The van der Waals surface area contributed by atoms with Crippen molar-refractivity contribution in [2.75, 3.05) is 11.9 Å². The summed E-state index contributed by atoms with van der Waals surface area (Å²) in [6.45, 7) is 1.96.